The van der Waals surface area contributed by atoms with Crippen LogP contribution in [0.15, 0.2) is 18.2 Å². The molecule has 2 unspecified atom stereocenters. The van der Waals surface area contributed by atoms with Gasteiger partial charge in [-0.3, -0.25) is 0 Å². The summed E-state index contributed by atoms with van der Waals surface area (Å²) in [6, 6.07) is 3.16. The van der Waals surface area contributed by atoms with Gasteiger partial charge in [-0.1, -0.05) is 13.8 Å². The molecule has 0 saturated carbocycles. The molecule has 0 aliphatic carbocycles. The fourth-order valence-corrected chi connectivity index (χ4v) is 2.31. The van der Waals surface area contributed by atoms with Crippen molar-refractivity contribution in [2.75, 3.05) is 13.2 Å². The van der Waals surface area contributed by atoms with Crippen molar-refractivity contribution in [3.05, 3.63) is 35.4 Å². The molecule has 19 heavy (non-hydrogen) atoms. The summed E-state index contributed by atoms with van der Waals surface area (Å²) in [5.74, 6) is -0.846. The Morgan fingerprint density at radius 2 is 1.95 bits per heavy atom. The summed E-state index contributed by atoms with van der Waals surface area (Å²) in [5.41, 5.74) is -0.251. The SMILES string of the molecule is CCNC(c1cc(F)ccc1F)C(C)(CC)OCC. The molecular formula is C15H23F2NO. The summed E-state index contributed by atoms with van der Waals surface area (Å²) >= 11 is 0. The molecule has 0 aliphatic heterocycles. The van der Waals surface area contributed by atoms with E-state index in [0.717, 1.165) is 12.1 Å². The third kappa shape index (κ3) is 3.74. The third-order valence-corrected chi connectivity index (χ3v) is 3.46. The van der Waals surface area contributed by atoms with Gasteiger partial charge in [-0.05, 0) is 45.0 Å². The lowest BCUT2D eigenvalue weighted by molar-refractivity contribution is -0.0567. The van der Waals surface area contributed by atoms with Crippen molar-refractivity contribution in [1.82, 2.24) is 5.32 Å². The molecule has 108 valence electrons. The smallest absolute Gasteiger partial charge is 0.128 e. The first-order valence-electron chi connectivity index (χ1n) is 6.80. The number of likely N-dealkylation sites (N-methyl/N-ethyl adjacent to an activating group) is 1. The topological polar surface area (TPSA) is 21.3 Å². The minimum atomic E-state index is -0.570. The molecule has 1 aromatic carbocycles. The normalized spacial score (nSPS) is 16.1. The molecule has 0 bridgehead atoms. The minimum absolute atomic E-state index is 0.319. The first-order valence-corrected chi connectivity index (χ1v) is 6.80. The van der Waals surface area contributed by atoms with Gasteiger partial charge in [-0.15, -0.1) is 0 Å². The second kappa shape index (κ2) is 6.96. The molecule has 0 fully saturated rings. The molecule has 2 nitrogen and oxygen atoms in total. The number of nitrogens with one attached hydrogen (secondary N) is 1. The monoisotopic (exact) mass is 271 g/mol. The largest absolute Gasteiger partial charge is 0.374 e. The first-order chi connectivity index (χ1) is 8.98. The highest BCUT2D eigenvalue weighted by molar-refractivity contribution is 5.25. The Morgan fingerprint density at radius 3 is 2.47 bits per heavy atom. The Balaban J connectivity index is 3.21. The fourth-order valence-electron chi connectivity index (χ4n) is 2.31. The maximum absolute atomic E-state index is 14.0. The van der Waals surface area contributed by atoms with Crippen LogP contribution < -0.4 is 5.32 Å². The van der Waals surface area contributed by atoms with E-state index in [2.05, 4.69) is 5.32 Å². The Labute approximate surface area is 114 Å². The summed E-state index contributed by atoms with van der Waals surface area (Å²) in [4.78, 5) is 0. The van der Waals surface area contributed by atoms with Crippen LogP contribution in [0.2, 0.25) is 0 Å². The average Bonchev–Trinajstić information content (AvgIpc) is 2.39. The van der Waals surface area contributed by atoms with E-state index in [1.165, 1.54) is 6.07 Å². The van der Waals surface area contributed by atoms with Gasteiger partial charge in [0.25, 0.3) is 0 Å². The molecule has 0 aromatic heterocycles. The van der Waals surface area contributed by atoms with Crippen LogP contribution >= 0.6 is 0 Å². The molecule has 1 aromatic rings. The van der Waals surface area contributed by atoms with Crippen LogP contribution in [0.25, 0.3) is 0 Å². The lowest BCUT2D eigenvalue weighted by Gasteiger charge is -2.37. The highest BCUT2D eigenvalue weighted by Gasteiger charge is 2.35. The molecule has 0 spiro atoms. The van der Waals surface area contributed by atoms with Crippen LogP contribution in [0.4, 0.5) is 8.78 Å². The summed E-state index contributed by atoms with van der Waals surface area (Å²) < 4.78 is 33.2. The fraction of sp³-hybridized carbons (Fsp3) is 0.600. The Hall–Kier alpha value is -1.00. The Bertz CT molecular complexity index is 411. The van der Waals surface area contributed by atoms with E-state index < -0.39 is 17.2 Å². The van der Waals surface area contributed by atoms with E-state index in [0.29, 0.717) is 25.1 Å². The highest BCUT2D eigenvalue weighted by atomic mass is 19.1. The van der Waals surface area contributed by atoms with Gasteiger partial charge in [0.2, 0.25) is 0 Å². The van der Waals surface area contributed by atoms with Crippen LogP contribution in [0.3, 0.4) is 0 Å². The predicted octanol–water partition coefficient (Wildman–Crippen LogP) is 3.82. The Kier molecular flexibility index (Phi) is 5.88. The lowest BCUT2D eigenvalue weighted by Crippen LogP contribution is -2.44. The lowest BCUT2D eigenvalue weighted by atomic mass is 9.87. The van der Waals surface area contributed by atoms with Crippen LogP contribution in [-0.4, -0.2) is 18.8 Å². The van der Waals surface area contributed by atoms with Gasteiger partial charge in [0, 0.05) is 12.2 Å². The third-order valence-electron chi connectivity index (χ3n) is 3.46. The van der Waals surface area contributed by atoms with Crippen LogP contribution in [0, 0.1) is 11.6 Å². The van der Waals surface area contributed by atoms with Gasteiger partial charge in [-0.25, -0.2) is 8.78 Å². The van der Waals surface area contributed by atoms with Crippen LogP contribution in [-0.2, 0) is 4.74 Å². The summed E-state index contributed by atoms with van der Waals surface area (Å²) in [5, 5.41) is 3.21. The molecule has 1 N–H and O–H groups in total. The van der Waals surface area contributed by atoms with Gasteiger partial charge >= 0.3 is 0 Å². The molecule has 1 rings (SSSR count). The molecule has 0 aliphatic rings. The van der Waals surface area contributed by atoms with Crippen LogP contribution in [0.5, 0.6) is 0 Å². The number of ether oxygens (including phenoxy) is 1. The van der Waals surface area contributed by atoms with Crippen LogP contribution in [0.1, 0.15) is 45.7 Å². The average molecular weight is 271 g/mol. The predicted molar refractivity (Wildman–Crippen MR) is 73.1 cm³/mol. The molecule has 0 radical (unpaired) electrons. The van der Waals surface area contributed by atoms with Gasteiger partial charge in [0.15, 0.2) is 0 Å². The van der Waals surface area contributed by atoms with Crippen molar-refractivity contribution in [2.24, 2.45) is 0 Å². The minimum Gasteiger partial charge on any atom is -0.374 e. The zero-order valence-electron chi connectivity index (χ0n) is 12.1. The van der Waals surface area contributed by atoms with Crippen molar-refractivity contribution < 1.29 is 13.5 Å². The summed E-state index contributed by atoms with van der Waals surface area (Å²) in [6.07, 6.45) is 0.703. The Morgan fingerprint density at radius 1 is 1.26 bits per heavy atom. The zero-order valence-corrected chi connectivity index (χ0v) is 12.1. The number of hydrogen-bond acceptors (Lipinski definition) is 2. The number of benzene rings is 1. The van der Waals surface area contributed by atoms with E-state index in [9.17, 15) is 8.78 Å². The first kappa shape index (κ1) is 16.1. The maximum atomic E-state index is 14.0. The standard InChI is InChI=1S/C15H23F2NO/c1-5-15(4,19-7-3)14(18-6-2)12-10-11(16)8-9-13(12)17/h8-10,14,18H,5-7H2,1-4H3. The molecule has 4 heteroatoms. The number of halogens is 2. The second-order valence-corrected chi connectivity index (χ2v) is 4.76. The number of hydrogen-bond donors (Lipinski definition) is 1. The summed E-state index contributed by atoms with van der Waals surface area (Å²) in [6.45, 7) is 8.93. The summed E-state index contributed by atoms with van der Waals surface area (Å²) in [7, 11) is 0. The molecule has 0 amide bonds. The highest BCUT2D eigenvalue weighted by Crippen LogP contribution is 2.33. The van der Waals surface area contributed by atoms with E-state index in [1.54, 1.807) is 0 Å². The van der Waals surface area contributed by atoms with Gasteiger partial charge < -0.3 is 10.1 Å². The van der Waals surface area contributed by atoms with Gasteiger partial charge in [-0.2, -0.15) is 0 Å². The van der Waals surface area contributed by atoms with Gasteiger partial charge in [0.05, 0.1) is 11.6 Å². The quantitative estimate of drug-likeness (QED) is 0.814. The van der Waals surface area contributed by atoms with Crippen molar-refractivity contribution in [3.8, 4) is 0 Å². The van der Waals surface area contributed by atoms with E-state index in [1.807, 2.05) is 27.7 Å². The second-order valence-electron chi connectivity index (χ2n) is 4.76. The van der Waals surface area contributed by atoms with Gasteiger partial charge in [0.1, 0.15) is 11.6 Å². The zero-order chi connectivity index (χ0) is 14.5. The van der Waals surface area contributed by atoms with Crippen molar-refractivity contribution in [1.29, 1.82) is 0 Å². The van der Waals surface area contributed by atoms with E-state index in [-0.39, 0.29) is 6.04 Å². The maximum Gasteiger partial charge on any atom is 0.128 e. The van der Waals surface area contributed by atoms with Crippen molar-refractivity contribution in [3.63, 3.8) is 0 Å². The molecular weight excluding hydrogens is 248 g/mol. The number of rotatable bonds is 7. The van der Waals surface area contributed by atoms with E-state index in [4.69, 9.17) is 4.74 Å². The molecule has 2 atom stereocenters. The van der Waals surface area contributed by atoms with E-state index >= 15 is 0 Å². The van der Waals surface area contributed by atoms with Crippen molar-refractivity contribution >= 4 is 0 Å². The van der Waals surface area contributed by atoms with Crippen molar-refractivity contribution in [2.45, 2.75) is 45.8 Å². The molecule has 0 heterocycles. The molecule has 0 saturated heterocycles.